The van der Waals surface area contributed by atoms with E-state index < -0.39 is 0 Å². The molecule has 3 rings (SSSR count). The quantitative estimate of drug-likeness (QED) is 0.795. The van der Waals surface area contributed by atoms with Gasteiger partial charge in [0.15, 0.2) is 0 Å². The van der Waals surface area contributed by atoms with Crippen molar-refractivity contribution in [3.63, 3.8) is 0 Å². The van der Waals surface area contributed by atoms with Gasteiger partial charge in [-0.1, -0.05) is 36.4 Å². The lowest BCUT2D eigenvalue weighted by atomic mass is 10.1. The van der Waals surface area contributed by atoms with Gasteiger partial charge in [-0.3, -0.25) is 4.90 Å². The highest BCUT2D eigenvalue weighted by Gasteiger charge is 2.29. The Labute approximate surface area is 106 Å². The zero-order valence-corrected chi connectivity index (χ0v) is 10.1. The number of anilines is 1. The van der Waals surface area contributed by atoms with Gasteiger partial charge in [-0.05, 0) is 24.1 Å². The van der Waals surface area contributed by atoms with Gasteiger partial charge in [-0.15, -0.1) is 0 Å². The number of nitrogens with zero attached hydrogens (tertiary/aromatic N) is 1. The van der Waals surface area contributed by atoms with Crippen molar-refractivity contribution in [3.8, 4) is 0 Å². The molecule has 1 amide bonds. The molecule has 1 aromatic carbocycles. The van der Waals surface area contributed by atoms with E-state index in [2.05, 4.69) is 18.2 Å². The summed E-state index contributed by atoms with van der Waals surface area (Å²) in [5.41, 5.74) is 2.04. The highest BCUT2D eigenvalue weighted by molar-refractivity contribution is 5.88. The number of carbonyl (C=O) groups is 1. The van der Waals surface area contributed by atoms with Crippen LogP contribution in [0.25, 0.3) is 0 Å². The number of allylic oxidation sites excluding steroid dienone is 2. The fourth-order valence-electron chi connectivity index (χ4n) is 2.37. The summed E-state index contributed by atoms with van der Waals surface area (Å²) >= 11 is 0. The second-order valence-corrected chi connectivity index (χ2v) is 4.49. The summed E-state index contributed by atoms with van der Waals surface area (Å²) in [7, 11) is 0. The van der Waals surface area contributed by atoms with E-state index in [-0.39, 0.29) is 12.2 Å². The van der Waals surface area contributed by atoms with Gasteiger partial charge in [0.05, 0.1) is 0 Å². The normalized spacial score (nSPS) is 22.9. The molecule has 92 valence electrons. The van der Waals surface area contributed by atoms with E-state index in [0.29, 0.717) is 6.54 Å². The second-order valence-electron chi connectivity index (χ2n) is 4.49. The number of benzene rings is 1. The maximum absolute atomic E-state index is 12.0. The van der Waals surface area contributed by atoms with Crippen molar-refractivity contribution in [2.45, 2.75) is 18.9 Å². The molecule has 1 aromatic rings. The molecule has 0 N–H and O–H groups in total. The van der Waals surface area contributed by atoms with Crippen LogP contribution in [0.15, 0.2) is 54.1 Å². The van der Waals surface area contributed by atoms with Gasteiger partial charge in [0, 0.05) is 18.7 Å². The first-order valence-electron chi connectivity index (χ1n) is 6.24. The molecule has 1 unspecified atom stereocenters. The average molecular weight is 241 g/mol. The molecule has 0 saturated carbocycles. The predicted molar refractivity (Wildman–Crippen MR) is 70.5 cm³/mol. The Hall–Kier alpha value is -2.03. The zero-order chi connectivity index (χ0) is 12.4. The number of cyclic esters (lactones) is 1. The second kappa shape index (κ2) is 4.69. The van der Waals surface area contributed by atoms with E-state index in [9.17, 15) is 4.79 Å². The minimum atomic E-state index is -0.251. The fourth-order valence-corrected chi connectivity index (χ4v) is 2.37. The predicted octanol–water partition coefficient (Wildman–Crippen LogP) is 3.29. The molecule has 0 spiro atoms. The van der Waals surface area contributed by atoms with Crippen molar-refractivity contribution in [3.05, 3.63) is 54.1 Å². The molecule has 1 aliphatic carbocycles. The van der Waals surface area contributed by atoms with Gasteiger partial charge in [0.2, 0.25) is 0 Å². The Morgan fingerprint density at radius 3 is 2.72 bits per heavy atom. The summed E-state index contributed by atoms with van der Waals surface area (Å²) in [6.45, 7) is 0.707. The van der Waals surface area contributed by atoms with Crippen LogP contribution in [0.4, 0.5) is 10.5 Å². The molecule has 18 heavy (non-hydrogen) atoms. The van der Waals surface area contributed by atoms with E-state index in [0.717, 1.165) is 24.1 Å². The monoisotopic (exact) mass is 241 g/mol. The SMILES string of the molecule is O=C1OC(C2=CCC=C2)CCN1c1ccccc1. The Morgan fingerprint density at radius 2 is 2.06 bits per heavy atom. The lowest BCUT2D eigenvalue weighted by molar-refractivity contribution is 0.104. The summed E-state index contributed by atoms with van der Waals surface area (Å²) in [5, 5.41) is 0. The first-order valence-corrected chi connectivity index (χ1v) is 6.24. The van der Waals surface area contributed by atoms with Crippen molar-refractivity contribution in [1.82, 2.24) is 0 Å². The zero-order valence-electron chi connectivity index (χ0n) is 10.1. The molecule has 1 saturated heterocycles. The van der Waals surface area contributed by atoms with E-state index in [4.69, 9.17) is 4.74 Å². The lowest BCUT2D eigenvalue weighted by Crippen LogP contribution is -2.42. The number of amides is 1. The summed E-state index contributed by atoms with van der Waals surface area (Å²) in [6, 6.07) is 9.65. The third kappa shape index (κ3) is 2.04. The molecule has 0 aromatic heterocycles. The summed E-state index contributed by atoms with van der Waals surface area (Å²) in [5.74, 6) is 0. The molecule has 3 nitrogen and oxygen atoms in total. The number of para-hydroxylation sites is 1. The van der Waals surface area contributed by atoms with Gasteiger partial charge in [0.25, 0.3) is 0 Å². The van der Waals surface area contributed by atoms with Gasteiger partial charge in [0.1, 0.15) is 6.10 Å². The molecule has 3 heteroatoms. The highest BCUT2D eigenvalue weighted by atomic mass is 16.6. The standard InChI is InChI=1S/C15H15NO2/c17-15-16(13-8-2-1-3-9-13)11-10-14(18-15)12-6-4-5-7-12/h1-4,6-9,14H,5,10-11H2. The topological polar surface area (TPSA) is 29.5 Å². The van der Waals surface area contributed by atoms with Crippen LogP contribution >= 0.6 is 0 Å². The first kappa shape index (κ1) is 11.1. The highest BCUT2D eigenvalue weighted by Crippen LogP contribution is 2.26. The van der Waals surface area contributed by atoms with E-state index >= 15 is 0 Å². The summed E-state index contributed by atoms with van der Waals surface area (Å²) < 4.78 is 5.50. The van der Waals surface area contributed by atoms with Crippen LogP contribution < -0.4 is 4.90 Å². The third-order valence-corrected chi connectivity index (χ3v) is 3.32. The molecular formula is C15H15NO2. The smallest absolute Gasteiger partial charge is 0.414 e. The van der Waals surface area contributed by atoms with Crippen molar-refractivity contribution in [2.75, 3.05) is 11.4 Å². The maximum atomic E-state index is 12.0. The molecule has 1 aliphatic heterocycles. The van der Waals surface area contributed by atoms with E-state index in [1.807, 2.05) is 30.3 Å². The number of ether oxygens (including phenoxy) is 1. The first-order chi connectivity index (χ1) is 8.84. The van der Waals surface area contributed by atoms with Crippen LogP contribution in [0.5, 0.6) is 0 Å². The third-order valence-electron chi connectivity index (χ3n) is 3.32. The van der Waals surface area contributed by atoms with Gasteiger partial charge in [-0.2, -0.15) is 0 Å². The summed E-state index contributed by atoms with van der Waals surface area (Å²) in [6.07, 6.45) is 7.73. The minimum Gasteiger partial charge on any atom is -0.441 e. The Balaban J connectivity index is 1.73. The molecule has 0 bridgehead atoms. The fraction of sp³-hybridized carbons (Fsp3) is 0.267. The van der Waals surface area contributed by atoms with Crippen LogP contribution in [0.3, 0.4) is 0 Å². The molecule has 1 heterocycles. The number of hydrogen-bond acceptors (Lipinski definition) is 2. The van der Waals surface area contributed by atoms with Crippen LogP contribution in [0, 0.1) is 0 Å². The van der Waals surface area contributed by atoms with Gasteiger partial charge in [-0.25, -0.2) is 4.79 Å². The molecule has 1 atom stereocenters. The van der Waals surface area contributed by atoms with Crippen LogP contribution in [-0.2, 0) is 4.74 Å². The Bertz CT molecular complexity index is 504. The van der Waals surface area contributed by atoms with Crippen molar-refractivity contribution in [1.29, 1.82) is 0 Å². The summed E-state index contributed by atoms with van der Waals surface area (Å²) in [4.78, 5) is 13.7. The largest absolute Gasteiger partial charge is 0.441 e. The van der Waals surface area contributed by atoms with Crippen LogP contribution in [0.2, 0.25) is 0 Å². The molecule has 0 radical (unpaired) electrons. The van der Waals surface area contributed by atoms with Gasteiger partial charge < -0.3 is 4.74 Å². The van der Waals surface area contributed by atoms with Crippen molar-refractivity contribution < 1.29 is 9.53 Å². The van der Waals surface area contributed by atoms with Crippen LogP contribution in [-0.4, -0.2) is 18.7 Å². The minimum absolute atomic E-state index is 0.0730. The number of rotatable bonds is 2. The number of carbonyl (C=O) groups excluding carboxylic acids is 1. The van der Waals surface area contributed by atoms with E-state index in [1.165, 1.54) is 0 Å². The molecule has 2 aliphatic rings. The average Bonchev–Trinajstić information content (AvgIpc) is 2.93. The van der Waals surface area contributed by atoms with Crippen LogP contribution in [0.1, 0.15) is 12.8 Å². The molecule has 1 fully saturated rings. The van der Waals surface area contributed by atoms with Gasteiger partial charge >= 0.3 is 6.09 Å². The maximum Gasteiger partial charge on any atom is 0.414 e. The van der Waals surface area contributed by atoms with Crippen molar-refractivity contribution >= 4 is 11.8 Å². The van der Waals surface area contributed by atoms with Crippen molar-refractivity contribution in [2.24, 2.45) is 0 Å². The number of hydrogen-bond donors (Lipinski definition) is 0. The van der Waals surface area contributed by atoms with E-state index in [1.54, 1.807) is 4.90 Å². The Kier molecular flexibility index (Phi) is 2.89. The molecular weight excluding hydrogens is 226 g/mol. The Morgan fingerprint density at radius 1 is 1.22 bits per heavy atom. The lowest BCUT2D eigenvalue weighted by Gasteiger charge is -2.32.